The topological polar surface area (TPSA) is 55.4 Å². The van der Waals surface area contributed by atoms with Crippen LogP contribution in [-0.2, 0) is 13.0 Å². The fourth-order valence-electron chi connectivity index (χ4n) is 2.72. The first kappa shape index (κ1) is 15.1. The van der Waals surface area contributed by atoms with Crippen LogP contribution in [0.2, 0.25) is 0 Å². The van der Waals surface area contributed by atoms with Gasteiger partial charge in [0.25, 0.3) is 0 Å². The summed E-state index contributed by atoms with van der Waals surface area (Å²) in [5.41, 5.74) is 2.97. The second kappa shape index (κ2) is 5.90. The highest BCUT2D eigenvalue weighted by atomic mass is 79.9. The number of halogens is 2. The molecule has 0 saturated heterocycles. The van der Waals surface area contributed by atoms with Gasteiger partial charge in [-0.05, 0) is 40.5 Å². The maximum atomic E-state index is 14.2. The normalized spacial score (nSPS) is 11.5. The lowest BCUT2D eigenvalue weighted by Crippen LogP contribution is -2.08. The van der Waals surface area contributed by atoms with E-state index in [0.717, 1.165) is 27.6 Å². The number of hydrogen-bond acceptors (Lipinski definition) is 4. The van der Waals surface area contributed by atoms with Crippen LogP contribution in [0.1, 0.15) is 18.2 Å². The molecule has 1 N–H and O–H groups in total. The number of anilines is 1. The highest BCUT2D eigenvalue weighted by molar-refractivity contribution is 9.10. The molecule has 1 aromatic carbocycles. The zero-order valence-corrected chi connectivity index (χ0v) is 14.5. The molecular weight excluding hydrogens is 375 g/mol. The number of hydrogen-bond donors (Lipinski definition) is 1. The second-order valence-corrected chi connectivity index (χ2v) is 6.28. The van der Waals surface area contributed by atoms with Gasteiger partial charge in [0.15, 0.2) is 5.65 Å². The van der Waals surface area contributed by atoms with E-state index in [1.807, 2.05) is 17.5 Å². The third-order valence-electron chi connectivity index (χ3n) is 3.97. The highest BCUT2D eigenvalue weighted by Gasteiger charge is 2.13. The Morgan fingerprint density at radius 2 is 2.21 bits per heavy atom. The van der Waals surface area contributed by atoms with Crippen LogP contribution in [0.4, 0.5) is 10.3 Å². The van der Waals surface area contributed by atoms with Crippen LogP contribution in [0, 0.1) is 5.82 Å². The van der Waals surface area contributed by atoms with E-state index in [2.05, 4.69) is 31.2 Å². The number of benzene rings is 1. The molecule has 3 heterocycles. The van der Waals surface area contributed by atoms with Gasteiger partial charge in [0, 0.05) is 29.9 Å². The smallest absolute Gasteiger partial charge is 0.208 e. The van der Waals surface area contributed by atoms with Crippen molar-refractivity contribution in [1.29, 1.82) is 0 Å². The number of nitrogens with zero attached hydrogens (tertiary/aromatic N) is 3. The molecule has 0 spiro atoms. The molecule has 24 heavy (non-hydrogen) atoms. The molecule has 4 aromatic rings. The predicted molar refractivity (Wildman–Crippen MR) is 93.6 cm³/mol. The lowest BCUT2D eigenvalue weighted by Gasteiger charge is -2.10. The van der Waals surface area contributed by atoms with Crippen LogP contribution in [0.3, 0.4) is 0 Å². The number of aromatic nitrogens is 3. The molecule has 0 saturated carbocycles. The molecule has 0 fully saturated rings. The molecular formula is C17H14BrFN4O. The second-order valence-electron chi connectivity index (χ2n) is 5.42. The summed E-state index contributed by atoms with van der Waals surface area (Å²) in [5, 5.41) is 3.96. The number of furan rings is 1. The molecule has 0 atom stereocenters. The molecule has 0 unspecified atom stereocenters. The zero-order chi connectivity index (χ0) is 16.7. The van der Waals surface area contributed by atoms with Gasteiger partial charge in [0.2, 0.25) is 5.95 Å². The first-order chi connectivity index (χ1) is 11.7. The van der Waals surface area contributed by atoms with Crippen molar-refractivity contribution in [2.24, 2.45) is 0 Å². The largest absolute Gasteiger partial charge is 0.464 e. The minimum Gasteiger partial charge on any atom is -0.464 e. The first-order valence-electron chi connectivity index (χ1n) is 7.58. The van der Waals surface area contributed by atoms with E-state index in [1.165, 1.54) is 6.07 Å². The number of rotatable bonds is 4. The molecule has 0 aliphatic carbocycles. The third kappa shape index (κ3) is 2.45. The van der Waals surface area contributed by atoms with Crippen LogP contribution in [0.15, 0.2) is 45.7 Å². The molecule has 122 valence electrons. The van der Waals surface area contributed by atoms with Gasteiger partial charge < -0.3 is 9.73 Å². The fourth-order valence-corrected chi connectivity index (χ4v) is 3.10. The highest BCUT2D eigenvalue weighted by Crippen LogP contribution is 2.25. The maximum Gasteiger partial charge on any atom is 0.208 e. The van der Waals surface area contributed by atoms with Crippen molar-refractivity contribution in [2.75, 3.05) is 5.32 Å². The van der Waals surface area contributed by atoms with Crippen molar-refractivity contribution in [3.05, 3.63) is 58.4 Å². The SMILES string of the molecule is CCc1cn2c(NCc3c(F)ccc4occc34)ncc(Br)c2n1. The van der Waals surface area contributed by atoms with Crippen LogP contribution >= 0.6 is 15.9 Å². The van der Waals surface area contributed by atoms with Crippen molar-refractivity contribution in [2.45, 2.75) is 19.9 Å². The molecule has 4 rings (SSSR count). The Balaban J connectivity index is 1.72. The minimum absolute atomic E-state index is 0.273. The average Bonchev–Trinajstić information content (AvgIpc) is 3.22. The van der Waals surface area contributed by atoms with Crippen molar-refractivity contribution >= 4 is 38.5 Å². The van der Waals surface area contributed by atoms with Crippen molar-refractivity contribution < 1.29 is 8.81 Å². The van der Waals surface area contributed by atoms with Gasteiger partial charge >= 0.3 is 0 Å². The quantitative estimate of drug-likeness (QED) is 0.556. The third-order valence-corrected chi connectivity index (χ3v) is 4.53. The van der Waals surface area contributed by atoms with Gasteiger partial charge in [0.1, 0.15) is 11.4 Å². The predicted octanol–water partition coefficient (Wildman–Crippen LogP) is 4.55. The summed E-state index contributed by atoms with van der Waals surface area (Å²) in [6, 6.07) is 4.82. The molecule has 0 aliphatic heterocycles. The lowest BCUT2D eigenvalue weighted by molar-refractivity contribution is 0.603. The molecule has 7 heteroatoms. The number of nitrogens with one attached hydrogen (secondary N) is 1. The standard InChI is InChI=1S/C17H14BrFN4O/c1-2-10-9-23-16(22-10)13(18)8-21-17(23)20-7-12-11-5-6-24-15(11)4-3-14(12)19/h3-6,8-9H,2,7H2,1H3,(H,20,21). The van der Waals surface area contributed by atoms with Crippen LogP contribution < -0.4 is 5.32 Å². The van der Waals surface area contributed by atoms with Crippen molar-refractivity contribution in [1.82, 2.24) is 14.4 Å². The van der Waals surface area contributed by atoms with E-state index < -0.39 is 0 Å². The Hall–Kier alpha value is -2.41. The van der Waals surface area contributed by atoms with Gasteiger partial charge in [-0.2, -0.15) is 0 Å². The van der Waals surface area contributed by atoms with E-state index in [9.17, 15) is 4.39 Å². The van der Waals surface area contributed by atoms with Gasteiger partial charge in [-0.15, -0.1) is 0 Å². The van der Waals surface area contributed by atoms with E-state index in [-0.39, 0.29) is 5.82 Å². The van der Waals surface area contributed by atoms with Crippen molar-refractivity contribution in [3.8, 4) is 0 Å². The van der Waals surface area contributed by atoms with E-state index >= 15 is 0 Å². The Morgan fingerprint density at radius 1 is 1.33 bits per heavy atom. The van der Waals surface area contributed by atoms with Gasteiger partial charge in [-0.25, -0.2) is 14.4 Å². The Bertz CT molecular complexity index is 1040. The number of imidazole rings is 1. The summed E-state index contributed by atoms with van der Waals surface area (Å²) in [5.74, 6) is 0.338. The molecule has 0 aliphatic rings. The van der Waals surface area contributed by atoms with E-state index in [0.29, 0.717) is 23.6 Å². The van der Waals surface area contributed by atoms with Crippen LogP contribution in [0.25, 0.3) is 16.6 Å². The van der Waals surface area contributed by atoms with Gasteiger partial charge in [-0.1, -0.05) is 6.92 Å². The summed E-state index contributed by atoms with van der Waals surface area (Å²) in [7, 11) is 0. The fraction of sp³-hybridized carbons (Fsp3) is 0.176. The minimum atomic E-state index is -0.273. The summed E-state index contributed by atoms with van der Waals surface area (Å²) >= 11 is 3.46. The number of fused-ring (bicyclic) bond motifs is 2. The molecule has 5 nitrogen and oxygen atoms in total. The van der Waals surface area contributed by atoms with Crippen molar-refractivity contribution in [3.63, 3.8) is 0 Å². The summed E-state index contributed by atoms with van der Waals surface area (Å²) < 4.78 is 22.2. The van der Waals surface area contributed by atoms with E-state index in [1.54, 1.807) is 24.6 Å². The summed E-state index contributed by atoms with van der Waals surface area (Å²) in [6.45, 7) is 2.34. The zero-order valence-electron chi connectivity index (χ0n) is 12.9. The summed E-state index contributed by atoms with van der Waals surface area (Å²) in [4.78, 5) is 8.94. The average molecular weight is 389 g/mol. The molecule has 0 amide bonds. The van der Waals surface area contributed by atoms with Crippen LogP contribution in [0.5, 0.6) is 0 Å². The maximum absolute atomic E-state index is 14.2. The first-order valence-corrected chi connectivity index (χ1v) is 8.37. The van der Waals surface area contributed by atoms with Gasteiger partial charge in [0.05, 0.1) is 16.4 Å². The lowest BCUT2D eigenvalue weighted by atomic mass is 10.1. The number of aryl methyl sites for hydroxylation is 1. The van der Waals surface area contributed by atoms with Crippen LogP contribution in [-0.4, -0.2) is 14.4 Å². The Labute approximate surface area is 145 Å². The Morgan fingerprint density at radius 3 is 3.04 bits per heavy atom. The molecule has 0 radical (unpaired) electrons. The van der Waals surface area contributed by atoms with E-state index in [4.69, 9.17) is 4.42 Å². The summed E-state index contributed by atoms with van der Waals surface area (Å²) in [6.07, 6.45) is 6.02. The molecule has 0 bridgehead atoms. The van der Waals surface area contributed by atoms with Gasteiger partial charge in [-0.3, -0.25) is 4.40 Å². The monoisotopic (exact) mass is 388 g/mol. The molecule has 3 aromatic heterocycles. The Kier molecular flexibility index (Phi) is 3.72.